The van der Waals surface area contributed by atoms with E-state index >= 15 is 0 Å². The second-order valence-corrected chi connectivity index (χ2v) is 6.88. The van der Waals surface area contributed by atoms with E-state index in [1.807, 2.05) is 0 Å². The summed E-state index contributed by atoms with van der Waals surface area (Å²) in [6.45, 7) is 5.28. The minimum atomic E-state index is 0.574. The summed E-state index contributed by atoms with van der Waals surface area (Å²) in [5.41, 5.74) is 0. The second-order valence-electron chi connectivity index (χ2n) is 6.88. The summed E-state index contributed by atoms with van der Waals surface area (Å²) in [6.07, 6.45) is 19.4. The summed E-state index contributed by atoms with van der Waals surface area (Å²) >= 11 is 0. The molecule has 2 aliphatic rings. The second kappa shape index (κ2) is 8.87. The van der Waals surface area contributed by atoms with Gasteiger partial charge in [0.25, 0.3) is 0 Å². The van der Waals surface area contributed by atoms with Crippen LogP contribution < -0.4 is 0 Å². The van der Waals surface area contributed by atoms with E-state index in [9.17, 15) is 0 Å². The maximum absolute atomic E-state index is 5.78. The van der Waals surface area contributed by atoms with E-state index in [0.717, 1.165) is 24.4 Å². The molecule has 0 aromatic carbocycles. The largest absolute Gasteiger partial charge is 0.379 e. The highest BCUT2D eigenvalue weighted by Gasteiger charge is 2.30. The predicted molar refractivity (Wildman–Crippen MR) is 86.9 cm³/mol. The highest BCUT2D eigenvalue weighted by Crippen LogP contribution is 2.40. The van der Waals surface area contributed by atoms with Gasteiger partial charge >= 0.3 is 0 Å². The van der Waals surface area contributed by atoms with E-state index < -0.39 is 0 Å². The van der Waals surface area contributed by atoms with E-state index in [0.29, 0.717) is 6.10 Å². The summed E-state index contributed by atoms with van der Waals surface area (Å²) < 4.78 is 5.78. The van der Waals surface area contributed by atoms with Crippen LogP contribution in [0.3, 0.4) is 0 Å². The number of ether oxygens (including phenoxy) is 1. The minimum absolute atomic E-state index is 0.574. The van der Waals surface area contributed by atoms with Gasteiger partial charge in [-0.05, 0) is 82.5 Å². The van der Waals surface area contributed by atoms with Gasteiger partial charge in [0.2, 0.25) is 0 Å². The Balaban J connectivity index is 1.67. The van der Waals surface area contributed by atoms with Crippen LogP contribution in [0, 0.1) is 17.8 Å². The molecular weight excluding hydrogens is 244 g/mol. The molecular formula is C19H34O. The van der Waals surface area contributed by atoms with Crippen LogP contribution in [0.2, 0.25) is 0 Å². The van der Waals surface area contributed by atoms with Crippen molar-refractivity contribution in [3.63, 3.8) is 0 Å². The number of allylic oxidation sites excluding steroid dienone is 2. The van der Waals surface area contributed by atoms with Gasteiger partial charge in [0.1, 0.15) is 0 Å². The number of hydrogen-bond acceptors (Lipinski definition) is 1. The first-order valence-corrected chi connectivity index (χ1v) is 9.11. The minimum Gasteiger partial charge on any atom is -0.379 e. The smallest absolute Gasteiger partial charge is 0.0575 e. The van der Waals surface area contributed by atoms with Crippen LogP contribution in [0.15, 0.2) is 12.2 Å². The zero-order valence-corrected chi connectivity index (χ0v) is 13.7. The Morgan fingerprint density at radius 1 is 0.850 bits per heavy atom. The molecule has 116 valence electrons. The van der Waals surface area contributed by atoms with Gasteiger partial charge in [-0.3, -0.25) is 0 Å². The van der Waals surface area contributed by atoms with E-state index in [1.54, 1.807) is 0 Å². The fraction of sp³-hybridized carbons (Fsp3) is 0.895. The van der Waals surface area contributed by atoms with Gasteiger partial charge < -0.3 is 4.74 Å². The molecule has 0 radical (unpaired) electrons. The van der Waals surface area contributed by atoms with Gasteiger partial charge in [-0.25, -0.2) is 0 Å². The fourth-order valence-electron chi connectivity index (χ4n) is 4.23. The maximum Gasteiger partial charge on any atom is 0.0575 e. The Kier molecular flexibility index (Phi) is 7.13. The van der Waals surface area contributed by atoms with Crippen molar-refractivity contribution in [1.82, 2.24) is 0 Å². The molecule has 0 aromatic rings. The average molecular weight is 278 g/mol. The highest BCUT2D eigenvalue weighted by atomic mass is 16.5. The van der Waals surface area contributed by atoms with Crippen LogP contribution >= 0.6 is 0 Å². The van der Waals surface area contributed by atoms with Crippen LogP contribution in [0.4, 0.5) is 0 Å². The van der Waals surface area contributed by atoms with Crippen molar-refractivity contribution in [3.05, 3.63) is 12.2 Å². The average Bonchev–Trinajstić information content (AvgIpc) is 2.49. The normalized spacial score (nSPS) is 35.5. The first kappa shape index (κ1) is 16.1. The summed E-state index contributed by atoms with van der Waals surface area (Å²) in [6, 6.07) is 0. The first-order chi connectivity index (χ1) is 9.83. The van der Waals surface area contributed by atoms with Gasteiger partial charge in [0, 0.05) is 6.61 Å². The van der Waals surface area contributed by atoms with Crippen LogP contribution in [0.25, 0.3) is 0 Å². The molecule has 0 amide bonds. The van der Waals surface area contributed by atoms with E-state index in [4.69, 9.17) is 4.74 Å². The Morgan fingerprint density at radius 3 is 2.00 bits per heavy atom. The lowest BCUT2D eigenvalue weighted by molar-refractivity contribution is 0.0142. The Morgan fingerprint density at radius 2 is 1.45 bits per heavy atom. The van der Waals surface area contributed by atoms with Crippen LogP contribution in [-0.4, -0.2) is 12.7 Å². The lowest BCUT2D eigenvalue weighted by atomic mass is 9.70. The maximum atomic E-state index is 5.78. The molecule has 0 unspecified atom stereocenters. The molecule has 0 spiro atoms. The molecule has 2 aliphatic carbocycles. The molecule has 1 heteroatoms. The van der Waals surface area contributed by atoms with E-state index in [2.05, 4.69) is 26.0 Å². The molecule has 0 bridgehead atoms. The SMILES string of the molecule is CCCC=CC1CCC(C2CCC(OCC)CC2)CC1. The van der Waals surface area contributed by atoms with Crippen LogP contribution in [0.5, 0.6) is 0 Å². The molecule has 1 nitrogen and oxygen atoms in total. The van der Waals surface area contributed by atoms with Crippen molar-refractivity contribution >= 4 is 0 Å². The number of rotatable bonds is 6. The Hall–Kier alpha value is -0.300. The van der Waals surface area contributed by atoms with Gasteiger partial charge in [0.15, 0.2) is 0 Å². The Bertz CT molecular complexity index is 267. The van der Waals surface area contributed by atoms with Gasteiger partial charge in [-0.15, -0.1) is 0 Å². The molecule has 0 heterocycles. The zero-order valence-electron chi connectivity index (χ0n) is 13.7. The van der Waals surface area contributed by atoms with Crippen molar-refractivity contribution in [2.24, 2.45) is 17.8 Å². The molecule has 20 heavy (non-hydrogen) atoms. The fourth-order valence-corrected chi connectivity index (χ4v) is 4.23. The third-order valence-electron chi connectivity index (χ3n) is 5.47. The van der Waals surface area contributed by atoms with E-state index in [-0.39, 0.29) is 0 Å². The predicted octanol–water partition coefficient (Wildman–Crippen LogP) is 5.74. The molecule has 2 fully saturated rings. The lowest BCUT2D eigenvalue weighted by Gasteiger charge is -2.37. The van der Waals surface area contributed by atoms with Crippen molar-refractivity contribution < 1.29 is 4.74 Å². The number of hydrogen-bond donors (Lipinski definition) is 0. The van der Waals surface area contributed by atoms with Gasteiger partial charge in [-0.1, -0.05) is 25.5 Å². The molecule has 2 saturated carbocycles. The number of unbranched alkanes of at least 4 members (excludes halogenated alkanes) is 1. The third kappa shape index (κ3) is 4.91. The molecule has 2 rings (SSSR count). The standard InChI is InChI=1S/C19H34O/c1-3-5-6-7-16-8-10-17(11-9-16)18-12-14-19(15-13-18)20-4-2/h6-7,16-19H,3-5,8-15H2,1-2H3. The van der Waals surface area contributed by atoms with Crippen LogP contribution in [-0.2, 0) is 4.74 Å². The first-order valence-electron chi connectivity index (χ1n) is 9.11. The zero-order chi connectivity index (χ0) is 14.2. The van der Waals surface area contributed by atoms with Crippen molar-refractivity contribution in [2.75, 3.05) is 6.61 Å². The lowest BCUT2D eigenvalue weighted by Crippen LogP contribution is -2.28. The summed E-state index contributed by atoms with van der Waals surface area (Å²) in [4.78, 5) is 0. The summed E-state index contributed by atoms with van der Waals surface area (Å²) in [5.74, 6) is 2.92. The quantitative estimate of drug-likeness (QED) is 0.562. The van der Waals surface area contributed by atoms with Gasteiger partial charge in [0.05, 0.1) is 6.10 Å². The van der Waals surface area contributed by atoms with E-state index in [1.165, 1.54) is 64.2 Å². The van der Waals surface area contributed by atoms with Crippen LogP contribution in [0.1, 0.15) is 78.1 Å². The van der Waals surface area contributed by atoms with Crippen molar-refractivity contribution in [1.29, 1.82) is 0 Å². The molecule has 0 atom stereocenters. The third-order valence-corrected chi connectivity index (χ3v) is 5.47. The topological polar surface area (TPSA) is 9.23 Å². The molecule has 0 saturated heterocycles. The van der Waals surface area contributed by atoms with Gasteiger partial charge in [-0.2, -0.15) is 0 Å². The van der Waals surface area contributed by atoms with Crippen molar-refractivity contribution in [2.45, 2.75) is 84.2 Å². The highest BCUT2D eigenvalue weighted by molar-refractivity contribution is 4.92. The van der Waals surface area contributed by atoms with Crippen molar-refractivity contribution in [3.8, 4) is 0 Å². The Labute approximate surface area is 126 Å². The molecule has 0 N–H and O–H groups in total. The molecule has 0 aromatic heterocycles. The summed E-state index contributed by atoms with van der Waals surface area (Å²) in [5, 5.41) is 0. The molecule has 0 aliphatic heterocycles. The monoisotopic (exact) mass is 278 g/mol. The summed E-state index contributed by atoms with van der Waals surface area (Å²) in [7, 11) is 0.